The molecule has 1 N–H and O–H groups in total. The Bertz CT molecular complexity index is 640. The summed E-state index contributed by atoms with van der Waals surface area (Å²) in [6.07, 6.45) is -3.82. The summed E-state index contributed by atoms with van der Waals surface area (Å²) in [6.45, 7) is 11.0. The number of alkyl halides is 3. The SMILES string of the molecule is CSc1nc(N(CC(C)(C)C)NC(=O)OC(C)(C)C)cc(C(F)(F)F)n1. The Morgan fingerprint density at radius 1 is 1.19 bits per heavy atom. The van der Waals surface area contributed by atoms with Crippen molar-refractivity contribution < 1.29 is 22.7 Å². The number of thioether (sulfide) groups is 1. The van der Waals surface area contributed by atoms with Crippen LogP contribution in [0.15, 0.2) is 11.2 Å². The van der Waals surface area contributed by atoms with Crippen molar-refractivity contribution in [3.05, 3.63) is 11.8 Å². The summed E-state index contributed by atoms with van der Waals surface area (Å²) < 4.78 is 44.6. The van der Waals surface area contributed by atoms with Crippen molar-refractivity contribution >= 4 is 23.7 Å². The van der Waals surface area contributed by atoms with Crippen LogP contribution in [-0.4, -0.2) is 34.5 Å². The molecule has 0 unspecified atom stereocenters. The molecule has 0 atom stereocenters. The first-order valence-corrected chi connectivity index (χ1v) is 9.11. The van der Waals surface area contributed by atoms with Crippen LogP contribution in [0.25, 0.3) is 0 Å². The second kappa shape index (κ2) is 7.89. The number of amides is 1. The zero-order valence-corrected chi connectivity index (χ0v) is 16.8. The Hall–Kier alpha value is -1.71. The molecule has 148 valence electrons. The molecule has 10 heteroatoms. The van der Waals surface area contributed by atoms with Crippen molar-refractivity contribution in [2.75, 3.05) is 17.8 Å². The molecule has 0 aliphatic rings. The monoisotopic (exact) mass is 394 g/mol. The lowest BCUT2D eigenvalue weighted by Crippen LogP contribution is -2.48. The molecule has 0 aromatic carbocycles. The van der Waals surface area contributed by atoms with Gasteiger partial charge in [-0.25, -0.2) is 20.2 Å². The summed E-state index contributed by atoms with van der Waals surface area (Å²) in [5, 5.41) is 1.21. The van der Waals surface area contributed by atoms with E-state index < -0.39 is 23.6 Å². The van der Waals surface area contributed by atoms with E-state index in [1.807, 2.05) is 20.8 Å². The first kappa shape index (κ1) is 22.3. The molecular weight excluding hydrogens is 369 g/mol. The maximum absolute atomic E-state index is 13.1. The molecule has 0 spiro atoms. The van der Waals surface area contributed by atoms with Gasteiger partial charge in [0, 0.05) is 12.6 Å². The number of carbonyl (C=O) groups excluding carboxylic acids is 1. The number of halogens is 3. The first-order chi connectivity index (χ1) is 11.6. The smallest absolute Gasteiger partial charge is 0.433 e. The predicted molar refractivity (Wildman–Crippen MR) is 95.0 cm³/mol. The van der Waals surface area contributed by atoms with Gasteiger partial charge in [-0.1, -0.05) is 32.5 Å². The molecule has 0 aliphatic carbocycles. The predicted octanol–water partition coefficient (Wildman–Crippen LogP) is 4.51. The van der Waals surface area contributed by atoms with Gasteiger partial charge in [-0.05, 0) is 32.4 Å². The number of ether oxygens (including phenoxy) is 1. The number of nitrogens with one attached hydrogen (secondary N) is 1. The summed E-state index contributed by atoms with van der Waals surface area (Å²) in [5.41, 5.74) is 0.328. The molecular formula is C16H25F3N4O2S. The number of aromatic nitrogens is 2. The van der Waals surface area contributed by atoms with Crippen molar-refractivity contribution in [2.45, 2.75) is 58.5 Å². The maximum Gasteiger partial charge on any atom is 0.433 e. The van der Waals surface area contributed by atoms with E-state index in [-0.39, 0.29) is 22.9 Å². The van der Waals surface area contributed by atoms with Gasteiger partial charge in [0.05, 0.1) is 0 Å². The largest absolute Gasteiger partial charge is 0.443 e. The van der Waals surface area contributed by atoms with Crippen molar-refractivity contribution in [1.29, 1.82) is 0 Å². The van der Waals surface area contributed by atoms with Crippen LogP contribution < -0.4 is 10.4 Å². The Balaban J connectivity index is 3.27. The molecule has 1 amide bonds. The van der Waals surface area contributed by atoms with Crippen LogP contribution >= 0.6 is 11.8 Å². The summed E-state index contributed by atoms with van der Waals surface area (Å²) in [5.74, 6) is -0.0579. The third-order valence-electron chi connectivity index (χ3n) is 2.70. The Morgan fingerprint density at radius 2 is 1.77 bits per heavy atom. The molecule has 1 aromatic rings. The number of hydrazine groups is 1. The molecule has 1 aromatic heterocycles. The molecule has 0 aliphatic heterocycles. The normalized spacial score (nSPS) is 12.7. The summed E-state index contributed by atoms with van der Waals surface area (Å²) in [7, 11) is 0. The fraction of sp³-hybridized carbons (Fsp3) is 0.688. The van der Waals surface area contributed by atoms with E-state index in [1.165, 1.54) is 5.01 Å². The summed E-state index contributed by atoms with van der Waals surface area (Å²) in [6, 6.07) is 0.808. The molecule has 0 saturated heterocycles. The minimum Gasteiger partial charge on any atom is -0.443 e. The van der Waals surface area contributed by atoms with Crippen LogP contribution in [0, 0.1) is 5.41 Å². The van der Waals surface area contributed by atoms with Gasteiger partial charge in [-0.2, -0.15) is 13.2 Å². The van der Waals surface area contributed by atoms with Gasteiger partial charge in [0.15, 0.2) is 16.7 Å². The van der Waals surface area contributed by atoms with E-state index in [4.69, 9.17) is 4.74 Å². The van der Waals surface area contributed by atoms with Gasteiger partial charge in [0.1, 0.15) is 5.60 Å². The Morgan fingerprint density at radius 3 is 2.19 bits per heavy atom. The minimum absolute atomic E-state index is 0.0419. The molecule has 1 rings (SSSR count). The van der Waals surface area contributed by atoms with Crippen molar-refractivity contribution in [1.82, 2.24) is 15.4 Å². The zero-order valence-electron chi connectivity index (χ0n) is 16.0. The molecule has 6 nitrogen and oxygen atoms in total. The number of carbonyl (C=O) groups is 1. The summed E-state index contributed by atoms with van der Waals surface area (Å²) >= 11 is 0.985. The van der Waals surface area contributed by atoms with Crippen LogP contribution in [0.3, 0.4) is 0 Å². The Kier molecular flexibility index (Phi) is 6.78. The average Bonchev–Trinajstić information content (AvgIpc) is 2.41. The van der Waals surface area contributed by atoms with Crippen molar-refractivity contribution in [3.63, 3.8) is 0 Å². The van der Waals surface area contributed by atoms with Gasteiger partial charge < -0.3 is 4.74 Å². The lowest BCUT2D eigenvalue weighted by atomic mass is 9.97. The third-order valence-corrected chi connectivity index (χ3v) is 3.25. The lowest BCUT2D eigenvalue weighted by molar-refractivity contribution is -0.141. The molecule has 1 heterocycles. The maximum atomic E-state index is 13.1. The Labute approximate surface area is 155 Å². The second-order valence-electron chi connectivity index (χ2n) is 7.86. The van der Waals surface area contributed by atoms with E-state index in [0.717, 1.165) is 17.8 Å². The van der Waals surface area contributed by atoms with Crippen LogP contribution in [-0.2, 0) is 10.9 Å². The zero-order chi connectivity index (χ0) is 20.3. The van der Waals surface area contributed by atoms with Crippen molar-refractivity contribution in [3.8, 4) is 0 Å². The van der Waals surface area contributed by atoms with E-state index in [1.54, 1.807) is 27.0 Å². The molecule has 0 bridgehead atoms. The molecule has 0 fully saturated rings. The molecule has 0 radical (unpaired) electrons. The number of nitrogens with zero attached hydrogens (tertiary/aromatic N) is 3. The number of hydrogen-bond donors (Lipinski definition) is 1. The number of rotatable bonds is 4. The van der Waals surface area contributed by atoms with E-state index in [9.17, 15) is 18.0 Å². The highest BCUT2D eigenvalue weighted by molar-refractivity contribution is 7.98. The highest BCUT2D eigenvalue weighted by Gasteiger charge is 2.35. The topological polar surface area (TPSA) is 67.4 Å². The van der Waals surface area contributed by atoms with Gasteiger partial charge >= 0.3 is 12.3 Å². The van der Waals surface area contributed by atoms with E-state index in [0.29, 0.717) is 0 Å². The average molecular weight is 394 g/mol. The van der Waals surface area contributed by atoms with Crippen LogP contribution in [0.2, 0.25) is 0 Å². The minimum atomic E-state index is -4.62. The second-order valence-corrected chi connectivity index (χ2v) is 8.63. The fourth-order valence-corrected chi connectivity index (χ4v) is 2.23. The number of anilines is 1. The highest BCUT2D eigenvalue weighted by atomic mass is 32.2. The van der Waals surface area contributed by atoms with Crippen LogP contribution in [0.5, 0.6) is 0 Å². The van der Waals surface area contributed by atoms with E-state index >= 15 is 0 Å². The van der Waals surface area contributed by atoms with Gasteiger partial charge in [-0.15, -0.1) is 0 Å². The molecule has 26 heavy (non-hydrogen) atoms. The molecule has 0 saturated carbocycles. The van der Waals surface area contributed by atoms with Crippen LogP contribution in [0.4, 0.5) is 23.8 Å². The van der Waals surface area contributed by atoms with Gasteiger partial charge in [0.25, 0.3) is 0 Å². The standard InChI is InChI=1S/C16H25F3N4O2S/c1-14(2,3)9-23(22-13(24)25-15(4,5)6)11-8-10(16(17,18)19)20-12(21-11)26-7/h8H,9H2,1-7H3,(H,22,24). The highest BCUT2D eigenvalue weighted by Crippen LogP contribution is 2.31. The van der Waals surface area contributed by atoms with Gasteiger partial charge in [-0.3, -0.25) is 5.01 Å². The fourth-order valence-electron chi connectivity index (χ4n) is 1.85. The van der Waals surface area contributed by atoms with Crippen molar-refractivity contribution in [2.24, 2.45) is 5.41 Å². The van der Waals surface area contributed by atoms with E-state index in [2.05, 4.69) is 15.4 Å². The third kappa shape index (κ3) is 7.67. The van der Waals surface area contributed by atoms with Gasteiger partial charge in [0.2, 0.25) is 0 Å². The van der Waals surface area contributed by atoms with Crippen LogP contribution in [0.1, 0.15) is 47.2 Å². The lowest BCUT2D eigenvalue weighted by Gasteiger charge is -2.32. The summed E-state index contributed by atoms with van der Waals surface area (Å²) in [4.78, 5) is 19.7. The quantitative estimate of drug-likeness (QED) is 0.460. The first-order valence-electron chi connectivity index (χ1n) is 7.88. The number of hydrogen-bond acceptors (Lipinski definition) is 6.